The van der Waals surface area contributed by atoms with Crippen LogP contribution in [-0.4, -0.2) is 28.9 Å². The van der Waals surface area contributed by atoms with Crippen LogP contribution in [0.25, 0.3) is 16.0 Å². The average Bonchev–Trinajstić information content (AvgIpc) is 3.53. The van der Waals surface area contributed by atoms with E-state index in [1.165, 1.54) is 30.2 Å². The molecule has 1 saturated heterocycles. The SMILES string of the molecule is COc1cccc(/C(O)=C2\C(=O)C(=O)N(c3nc4ccc(F)cc4s3)C2c2ccc(OCc3ccccc3)cc2)c1. The van der Waals surface area contributed by atoms with E-state index in [1.807, 2.05) is 30.3 Å². The molecule has 4 aromatic carbocycles. The molecule has 1 aromatic heterocycles. The number of ketones is 1. The number of hydrogen-bond acceptors (Lipinski definition) is 7. The van der Waals surface area contributed by atoms with Crippen LogP contribution in [0, 0.1) is 5.82 Å². The fourth-order valence-electron chi connectivity index (χ4n) is 4.75. The van der Waals surface area contributed by atoms with E-state index >= 15 is 0 Å². The van der Waals surface area contributed by atoms with E-state index in [9.17, 15) is 19.1 Å². The molecule has 9 heteroatoms. The van der Waals surface area contributed by atoms with E-state index in [0.717, 1.165) is 16.9 Å². The standard InChI is InChI=1S/C32H23FN2O5S/c1-39-24-9-5-8-21(16-24)29(36)27-28(20-10-13-23(14-11-20)40-18-19-6-3-2-4-7-19)35(31(38)30(27)37)32-34-25-15-12-22(33)17-26(25)41-32/h2-17,28,36H,18H2,1H3/b29-27+. The summed E-state index contributed by atoms with van der Waals surface area (Å²) < 4.78 is 25.6. The largest absolute Gasteiger partial charge is 0.507 e. The molecule has 1 unspecified atom stereocenters. The Labute approximate surface area is 238 Å². The highest BCUT2D eigenvalue weighted by Crippen LogP contribution is 2.44. The van der Waals surface area contributed by atoms with Gasteiger partial charge in [0.25, 0.3) is 5.78 Å². The quantitative estimate of drug-likeness (QED) is 0.135. The predicted octanol–water partition coefficient (Wildman–Crippen LogP) is 6.65. The van der Waals surface area contributed by atoms with Crippen molar-refractivity contribution in [2.45, 2.75) is 12.6 Å². The van der Waals surface area contributed by atoms with Crippen LogP contribution in [0.1, 0.15) is 22.7 Å². The average molecular weight is 567 g/mol. The maximum atomic E-state index is 13.9. The fraction of sp³-hybridized carbons (Fsp3) is 0.0938. The van der Waals surface area contributed by atoms with Gasteiger partial charge in [0.05, 0.1) is 28.9 Å². The van der Waals surface area contributed by atoms with Crippen LogP contribution < -0.4 is 14.4 Å². The van der Waals surface area contributed by atoms with E-state index in [1.54, 1.807) is 48.5 Å². The molecular weight excluding hydrogens is 543 g/mol. The van der Waals surface area contributed by atoms with Crippen molar-refractivity contribution in [3.8, 4) is 11.5 Å². The molecule has 1 aliphatic rings. The van der Waals surface area contributed by atoms with E-state index in [4.69, 9.17) is 9.47 Å². The number of hydrogen-bond donors (Lipinski definition) is 1. The lowest BCUT2D eigenvalue weighted by molar-refractivity contribution is -0.132. The number of methoxy groups -OCH3 is 1. The molecule has 5 aromatic rings. The number of anilines is 1. The molecule has 0 aliphatic carbocycles. The van der Waals surface area contributed by atoms with E-state index < -0.39 is 23.5 Å². The molecule has 0 radical (unpaired) electrons. The summed E-state index contributed by atoms with van der Waals surface area (Å²) in [6, 6.07) is 26.5. The summed E-state index contributed by atoms with van der Waals surface area (Å²) in [4.78, 5) is 32.8. The number of amides is 1. The zero-order valence-electron chi connectivity index (χ0n) is 21.8. The number of aliphatic hydroxyl groups is 1. The number of halogens is 1. The zero-order chi connectivity index (χ0) is 28.5. The fourth-order valence-corrected chi connectivity index (χ4v) is 5.76. The second-order valence-electron chi connectivity index (χ2n) is 9.35. The summed E-state index contributed by atoms with van der Waals surface area (Å²) in [5.41, 5.74) is 2.29. The highest BCUT2D eigenvalue weighted by molar-refractivity contribution is 7.22. The number of thiazole rings is 1. The highest BCUT2D eigenvalue weighted by Gasteiger charge is 2.48. The van der Waals surface area contributed by atoms with Crippen LogP contribution >= 0.6 is 11.3 Å². The maximum Gasteiger partial charge on any atom is 0.301 e. The summed E-state index contributed by atoms with van der Waals surface area (Å²) in [6.45, 7) is 0.372. The Balaban J connectivity index is 1.44. The lowest BCUT2D eigenvalue weighted by Crippen LogP contribution is -2.29. The Morgan fingerprint density at radius 3 is 2.49 bits per heavy atom. The number of fused-ring (bicyclic) bond motifs is 1. The lowest BCUT2D eigenvalue weighted by Gasteiger charge is -2.23. The van der Waals surface area contributed by atoms with Gasteiger partial charge in [-0.15, -0.1) is 0 Å². The molecule has 1 amide bonds. The molecule has 1 aliphatic heterocycles. The van der Waals surface area contributed by atoms with Gasteiger partial charge in [0.2, 0.25) is 0 Å². The molecular formula is C32H23FN2O5S. The Hall–Kier alpha value is -5.02. The van der Waals surface area contributed by atoms with Crippen molar-refractivity contribution in [1.29, 1.82) is 0 Å². The number of benzene rings is 4. The van der Waals surface area contributed by atoms with E-state index in [2.05, 4.69) is 4.98 Å². The summed E-state index contributed by atoms with van der Waals surface area (Å²) in [6.07, 6.45) is 0. The highest BCUT2D eigenvalue weighted by atomic mass is 32.1. The number of aliphatic hydroxyl groups excluding tert-OH is 1. The number of nitrogens with zero attached hydrogens (tertiary/aromatic N) is 2. The Morgan fingerprint density at radius 1 is 0.951 bits per heavy atom. The zero-order valence-corrected chi connectivity index (χ0v) is 22.6. The van der Waals surface area contributed by atoms with Crippen molar-refractivity contribution in [2.24, 2.45) is 0 Å². The van der Waals surface area contributed by atoms with Crippen molar-refractivity contribution in [3.05, 3.63) is 125 Å². The number of carbonyl (C=O) groups is 2. The molecule has 2 heterocycles. The van der Waals surface area contributed by atoms with E-state index in [-0.39, 0.29) is 16.5 Å². The number of ether oxygens (including phenoxy) is 2. The first-order chi connectivity index (χ1) is 19.9. The summed E-state index contributed by atoms with van der Waals surface area (Å²) >= 11 is 1.09. The van der Waals surface area contributed by atoms with Crippen LogP contribution in [-0.2, 0) is 16.2 Å². The molecule has 0 spiro atoms. The van der Waals surface area contributed by atoms with Crippen molar-refractivity contribution >= 4 is 44.1 Å². The third kappa shape index (κ3) is 5.03. The Morgan fingerprint density at radius 2 is 1.73 bits per heavy atom. The smallest absolute Gasteiger partial charge is 0.301 e. The Kier molecular flexibility index (Phi) is 6.94. The van der Waals surface area contributed by atoms with Crippen LogP contribution in [0.4, 0.5) is 9.52 Å². The van der Waals surface area contributed by atoms with Crippen LogP contribution in [0.2, 0.25) is 0 Å². The monoisotopic (exact) mass is 566 g/mol. The minimum Gasteiger partial charge on any atom is -0.507 e. The van der Waals surface area contributed by atoms with Crippen LogP contribution in [0.3, 0.4) is 0 Å². The van der Waals surface area contributed by atoms with Crippen LogP contribution in [0.5, 0.6) is 11.5 Å². The summed E-state index contributed by atoms with van der Waals surface area (Å²) in [7, 11) is 1.50. The molecule has 1 fully saturated rings. The first-order valence-corrected chi connectivity index (χ1v) is 13.5. The molecule has 0 saturated carbocycles. The van der Waals surface area contributed by atoms with Crippen molar-refractivity contribution < 1.29 is 28.6 Å². The van der Waals surface area contributed by atoms with Gasteiger partial charge in [0.15, 0.2) is 5.13 Å². The first kappa shape index (κ1) is 26.2. The predicted molar refractivity (Wildman–Crippen MR) is 155 cm³/mol. The minimum absolute atomic E-state index is 0.0911. The Bertz CT molecular complexity index is 1800. The van der Waals surface area contributed by atoms with Gasteiger partial charge in [-0.25, -0.2) is 9.37 Å². The summed E-state index contributed by atoms with van der Waals surface area (Å²) in [5, 5.41) is 11.6. The third-order valence-electron chi connectivity index (χ3n) is 6.78. The molecule has 41 heavy (non-hydrogen) atoms. The second-order valence-corrected chi connectivity index (χ2v) is 10.4. The molecule has 1 atom stereocenters. The van der Waals surface area contributed by atoms with Crippen LogP contribution in [0.15, 0.2) is 103 Å². The second kappa shape index (κ2) is 10.9. The number of aromatic nitrogens is 1. The molecule has 6 rings (SSSR count). The van der Waals surface area contributed by atoms with Gasteiger partial charge in [0.1, 0.15) is 29.7 Å². The van der Waals surface area contributed by atoms with Gasteiger partial charge in [0, 0.05) is 5.56 Å². The van der Waals surface area contributed by atoms with Gasteiger partial charge in [-0.05, 0) is 53.6 Å². The number of Topliss-reactive ketones (excluding diaryl/α,β-unsaturated/α-hetero) is 1. The topological polar surface area (TPSA) is 89.0 Å². The molecule has 204 valence electrons. The first-order valence-electron chi connectivity index (χ1n) is 12.7. The van der Waals surface area contributed by atoms with Gasteiger partial charge in [-0.1, -0.05) is 65.9 Å². The van der Waals surface area contributed by atoms with E-state index in [0.29, 0.717) is 39.4 Å². The normalized spacial score (nSPS) is 16.3. The lowest BCUT2D eigenvalue weighted by atomic mass is 9.95. The number of carbonyl (C=O) groups excluding carboxylic acids is 2. The van der Waals surface area contributed by atoms with Gasteiger partial charge in [-0.2, -0.15) is 0 Å². The molecule has 7 nitrogen and oxygen atoms in total. The third-order valence-corrected chi connectivity index (χ3v) is 7.79. The van der Waals surface area contributed by atoms with Gasteiger partial charge < -0.3 is 14.6 Å². The number of rotatable bonds is 7. The van der Waals surface area contributed by atoms with Crippen molar-refractivity contribution in [1.82, 2.24) is 4.98 Å². The van der Waals surface area contributed by atoms with Crippen molar-refractivity contribution in [3.63, 3.8) is 0 Å². The molecule has 0 bridgehead atoms. The minimum atomic E-state index is -0.991. The summed E-state index contributed by atoms with van der Waals surface area (Å²) in [5.74, 6) is -1.40. The van der Waals surface area contributed by atoms with Crippen molar-refractivity contribution in [2.75, 3.05) is 12.0 Å². The molecule has 1 N–H and O–H groups in total. The van der Waals surface area contributed by atoms with Gasteiger partial charge in [-0.3, -0.25) is 14.5 Å². The maximum absolute atomic E-state index is 13.9. The van der Waals surface area contributed by atoms with Gasteiger partial charge >= 0.3 is 5.91 Å².